The molecule has 0 spiro atoms. The first-order valence-corrected chi connectivity index (χ1v) is 16.6. The number of aliphatic imine (C=N–C) groups is 1. The molecule has 0 amide bonds. The van der Waals surface area contributed by atoms with Gasteiger partial charge in [-0.05, 0) is 73.9 Å². The molecule has 0 atom stereocenters. The van der Waals surface area contributed by atoms with Gasteiger partial charge in [-0.2, -0.15) is 0 Å². The second-order valence-electron chi connectivity index (χ2n) is 10.6. The summed E-state index contributed by atoms with van der Waals surface area (Å²) < 4.78 is 12.9. The van der Waals surface area contributed by atoms with Crippen LogP contribution in [0.1, 0.15) is 11.3 Å². The molecule has 8 rings (SSSR count). The van der Waals surface area contributed by atoms with Gasteiger partial charge in [0.05, 0.1) is 17.0 Å². The lowest BCUT2D eigenvalue weighted by Crippen LogP contribution is -2.42. The van der Waals surface area contributed by atoms with Crippen molar-refractivity contribution in [3.63, 3.8) is 0 Å². The zero-order valence-corrected chi connectivity index (χ0v) is 24.1. The summed E-state index contributed by atoms with van der Waals surface area (Å²) >= 11 is 0. The van der Waals surface area contributed by atoms with Gasteiger partial charge in [0.25, 0.3) is 0 Å². The van der Waals surface area contributed by atoms with E-state index in [-0.39, 0.29) is 0 Å². The molecule has 43 heavy (non-hydrogen) atoms. The molecule has 0 bridgehead atoms. The molecule has 0 aliphatic carbocycles. The molecule has 4 heterocycles. The van der Waals surface area contributed by atoms with E-state index in [0.29, 0.717) is 10.9 Å². The molecule has 1 aliphatic rings. The first kappa shape index (κ1) is 25.3. The molecule has 0 fully saturated rings. The van der Waals surface area contributed by atoms with E-state index in [4.69, 9.17) is 18.8 Å². The van der Waals surface area contributed by atoms with E-state index in [2.05, 4.69) is 96.0 Å². The van der Waals surface area contributed by atoms with Crippen molar-refractivity contribution in [2.75, 3.05) is 0 Å². The lowest BCUT2D eigenvalue weighted by Gasteiger charge is -2.72. The third kappa shape index (κ3) is 2.90. The maximum atomic E-state index is 6.76. The first-order chi connectivity index (χ1) is 21.2. The van der Waals surface area contributed by atoms with Crippen molar-refractivity contribution in [3.8, 4) is 0 Å². The zero-order valence-electron chi connectivity index (χ0n) is 23.2. The fourth-order valence-corrected chi connectivity index (χ4v) is 14.5. The van der Waals surface area contributed by atoms with Crippen LogP contribution in [0, 0.1) is 0 Å². The van der Waals surface area contributed by atoms with Crippen LogP contribution < -0.4 is 0 Å². The van der Waals surface area contributed by atoms with Crippen molar-refractivity contribution in [1.29, 1.82) is 0 Å². The van der Waals surface area contributed by atoms with Gasteiger partial charge in [0.15, 0.2) is 10.9 Å². The average Bonchev–Trinajstić information content (AvgIpc) is 3.88. The minimum Gasteiger partial charge on any atom is -0.458 e. The van der Waals surface area contributed by atoms with Gasteiger partial charge in [0, 0.05) is 27.7 Å². The standard InChI is InChI=1S/C37H28N4OS/c1-3-15-29(16-4-1)36-40-37(32-21-9-10-25-38-32)43(41-36,34-23-12-26-39-34,35-24-13-27-42-35,30-18-5-2-6-19-30)33-22-11-17-28-14-7-8-20-31(28)33/h1-27,39H. The summed E-state index contributed by atoms with van der Waals surface area (Å²) in [6, 6.07) is 49.8. The Morgan fingerprint density at radius 1 is 0.628 bits per heavy atom. The van der Waals surface area contributed by atoms with Crippen molar-refractivity contribution in [2.24, 2.45) is 9.39 Å². The molecule has 0 saturated carbocycles. The molecule has 3 aromatic heterocycles. The summed E-state index contributed by atoms with van der Waals surface area (Å²) in [7, 11) is -4.91. The maximum absolute atomic E-state index is 6.76. The predicted molar refractivity (Wildman–Crippen MR) is 174 cm³/mol. The van der Waals surface area contributed by atoms with E-state index in [1.54, 1.807) is 6.26 Å². The van der Waals surface area contributed by atoms with Gasteiger partial charge >= 0.3 is 0 Å². The fraction of sp³-hybridized carbons (Fsp3) is 0. The largest absolute Gasteiger partial charge is 0.458 e. The van der Waals surface area contributed by atoms with Crippen LogP contribution in [-0.4, -0.2) is 20.8 Å². The number of fused-ring (bicyclic) bond motifs is 1. The Kier molecular flexibility index (Phi) is 5.30. The van der Waals surface area contributed by atoms with Crippen LogP contribution in [0.3, 0.4) is 0 Å². The third-order valence-electron chi connectivity index (χ3n) is 8.61. The van der Waals surface area contributed by atoms with Crippen LogP contribution in [0.2, 0.25) is 0 Å². The summed E-state index contributed by atoms with van der Waals surface area (Å²) in [6.45, 7) is 0. The van der Waals surface area contributed by atoms with E-state index in [9.17, 15) is 0 Å². The Morgan fingerprint density at radius 2 is 1.40 bits per heavy atom. The van der Waals surface area contributed by atoms with Crippen molar-refractivity contribution in [1.82, 2.24) is 9.97 Å². The van der Waals surface area contributed by atoms with Crippen LogP contribution in [-0.2, 0) is 0 Å². The minimum absolute atomic E-state index is 0.616. The van der Waals surface area contributed by atoms with Gasteiger partial charge in [-0.15, -0.1) is 0 Å². The second kappa shape index (κ2) is 9.02. The molecule has 7 aromatic rings. The van der Waals surface area contributed by atoms with Crippen LogP contribution in [0.25, 0.3) is 10.8 Å². The highest BCUT2D eigenvalue weighted by Crippen LogP contribution is 3.09. The lowest BCUT2D eigenvalue weighted by atomic mass is 10.1. The number of hydrogen-bond donors (Lipinski definition) is 1. The van der Waals surface area contributed by atoms with E-state index < -0.39 is 8.48 Å². The van der Waals surface area contributed by atoms with Crippen LogP contribution in [0.5, 0.6) is 0 Å². The maximum Gasteiger partial charge on any atom is 0.166 e. The van der Waals surface area contributed by atoms with Gasteiger partial charge < -0.3 is 9.40 Å². The van der Waals surface area contributed by atoms with Crippen molar-refractivity contribution < 1.29 is 4.42 Å². The topological polar surface area (TPSA) is 66.5 Å². The number of amidine groups is 1. The molecule has 1 N–H and O–H groups in total. The van der Waals surface area contributed by atoms with Crippen molar-refractivity contribution in [2.45, 2.75) is 19.9 Å². The molecule has 208 valence electrons. The smallest absolute Gasteiger partial charge is 0.166 e. The summed E-state index contributed by atoms with van der Waals surface area (Å²) in [5, 5.41) is 4.47. The molecule has 0 unspecified atom stereocenters. The average molecular weight is 577 g/mol. The van der Waals surface area contributed by atoms with E-state index in [1.165, 1.54) is 0 Å². The monoisotopic (exact) mass is 576 g/mol. The number of pyridine rings is 1. The van der Waals surface area contributed by atoms with E-state index in [0.717, 1.165) is 41.9 Å². The fourth-order valence-electron chi connectivity index (χ4n) is 6.87. The predicted octanol–water partition coefficient (Wildman–Crippen LogP) is 9.39. The number of nitrogens with one attached hydrogen (secondary N) is 1. The SMILES string of the molecule is c1ccc(C2=NS(c3ccccc3)(c3ccc[nH]3)(c3ccco3)(c3cccc4ccccc34)C(c3ccccn3)=N2)cc1. The summed E-state index contributed by atoms with van der Waals surface area (Å²) in [5.41, 5.74) is 1.63. The Hall–Kier alpha value is -5.46. The summed E-state index contributed by atoms with van der Waals surface area (Å²) in [6.07, 6.45) is 5.53. The normalized spacial score (nSPS) is 18.0. The number of benzene rings is 4. The van der Waals surface area contributed by atoms with Gasteiger partial charge in [-0.25, -0.2) is 9.39 Å². The van der Waals surface area contributed by atoms with Gasteiger partial charge in [-0.3, -0.25) is 4.98 Å². The third-order valence-corrected chi connectivity index (χ3v) is 15.9. The number of H-pyrrole nitrogens is 1. The molecular weight excluding hydrogens is 549 g/mol. The van der Waals surface area contributed by atoms with Crippen LogP contribution in [0.15, 0.2) is 198 Å². The quantitative estimate of drug-likeness (QED) is 0.214. The Morgan fingerprint density at radius 3 is 2.14 bits per heavy atom. The Balaban J connectivity index is 1.79. The molecule has 0 radical (unpaired) electrons. The summed E-state index contributed by atoms with van der Waals surface area (Å²) in [4.78, 5) is 16.2. The Bertz CT molecular complexity index is 2120. The number of aromatic amines is 1. The highest BCUT2D eigenvalue weighted by Gasteiger charge is 2.76. The van der Waals surface area contributed by atoms with Gasteiger partial charge in [0.1, 0.15) is 5.04 Å². The molecular formula is C37H28N4OS. The summed E-state index contributed by atoms with van der Waals surface area (Å²) in [5.74, 6) is 0.616. The van der Waals surface area contributed by atoms with Gasteiger partial charge in [0.2, 0.25) is 0 Å². The van der Waals surface area contributed by atoms with E-state index in [1.807, 2.05) is 67.0 Å². The molecule has 0 saturated heterocycles. The number of rotatable bonds is 6. The van der Waals surface area contributed by atoms with Gasteiger partial charge in [-0.1, -0.05) is 91.0 Å². The molecule has 5 nitrogen and oxygen atoms in total. The number of aromatic nitrogens is 2. The zero-order chi connectivity index (χ0) is 28.8. The highest BCUT2D eigenvalue weighted by molar-refractivity contribution is 8.74. The number of nitrogens with zero attached hydrogens (tertiary/aromatic N) is 3. The number of hydrogen-bond acceptors (Lipinski definition) is 4. The Labute approximate surface area is 248 Å². The number of furan rings is 1. The molecule has 1 aliphatic heterocycles. The highest BCUT2D eigenvalue weighted by atomic mass is 32.4. The van der Waals surface area contributed by atoms with Crippen LogP contribution >= 0.6 is 8.48 Å². The van der Waals surface area contributed by atoms with E-state index >= 15 is 0 Å². The van der Waals surface area contributed by atoms with Crippen molar-refractivity contribution >= 4 is 30.1 Å². The van der Waals surface area contributed by atoms with Crippen LogP contribution in [0.4, 0.5) is 0 Å². The minimum atomic E-state index is -4.91. The molecule has 6 heteroatoms. The first-order valence-electron chi connectivity index (χ1n) is 14.2. The second-order valence-corrected chi connectivity index (χ2v) is 15.9. The lowest BCUT2D eigenvalue weighted by molar-refractivity contribution is 0.464. The van der Waals surface area contributed by atoms with Crippen molar-refractivity contribution in [3.05, 3.63) is 176 Å². The molecule has 4 aromatic carbocycles.